The van der Waals surface area contributed by atoms with Crippen LogP contribution in [0.25, 0.3) is 0 Å². The Morgan fingerprint density at radius 2 is 1.93 bits per heavy atom. The number of primary amides is 1. The molecule has 1 aromatic carbocycles. The zero-order valence-electron chi connectivity index (χ0n) is 7.00. The van der Waals surface area contributed by atoms with E-state index in [1.165, 1.54) is 0 Å². The summed E-state index contributed by atoms with van der Waals surface area (Å²) < 4.78 is 25.2. The van der Waals surface area contributed by atoms with Crippen molar-refractivity contribution in [1.29, 1.82) is 0 Å². The van der Waals surface area contributed by atoms with Crippen molar-refractivity contribution in [3.05, 3.63) is 35.4 Å². The predicted octanol–water partition coefficient (Wildman–Crippen LogP) is 0.967. The average Bonchev–Trinajstić information content (AvgIpc) is 2.01. The van der Waals surface area contributed by atoms with Gasteiger partial charge in [0.1, 0.15) is 11.6 Å². The third-order valence-electron chi connectivity index (χ3n) is 1.27. The molecule has 0 bridgehead atoms. The van der Waals surface area contributed by atoms with Gasteiger partial charge in [-0.2, -0.15) is 5.10 Å². The molecule has 0 fully saturated rings. The first kappa shape index (κ1) is 10.1. The van der Waals surface area contributed by atoms with Gasteiger partial charge in [-0.3, -0.25) is 0 Å². The number of hydrogen-bond acceptors (Lipinski definition) is 2. The fourth-order valence-electron chi connectivity index (χ4n) is 0.820. The van der Waals surface area contributed by atoms with Crippen LogP contribution < -0.4 is 11.2 Å². The summed E-state index contributed by atoms with van der Waals surface area (Å²) >= 11 is 0. The maximum Gasteiger partial charge on any atom is 0.332 e. The van der Waals surface area contributed by atoms with Gasteiger partial charge in [0.05, 0.1) is 6.21 Å². The molecule has 0 aliphatic rings. The number of benzene rings is 1. The fourth-order valence-corrected chi connectivity index (χ4v) is 0.820. The van der Waals surface area contributed by atoms with Crippen LogP contribution in [0.1, 0.15) is 5.56 Å². The third-order valence-corrected chi connectivity index (χ3v) is 1.27. The van der Waals surface area contributed by atoms with Gasteiger partial charge in [0.25, 0.3) is 0 Å². The summed E-state index contributed by atoms with van der Waals surface area (Å²) in [6.45, 7) is 0. The normalized spacial score (nSPS) is 10.4. The van der Waals surface area contributed by atoms with E-state index < -0.39 is 17.7 Å². The molecule has 74 valence electrons. The minimum Gasteiger partial charge on any atom is -0.350 e. The second-order valence-electron chi connectivity index (χ2n) is 2.44. The van der Waals surface area contributed by atoms with Crippen molar-refractivity contribution >= 4 is 12.2 Å². The van der Waals surface area contributed by atoms with Crippen LogP contribution in [0, 0.1) is 11.6 Å². The first-order valence-corrected chi connectivity index (χ1v) is 3.62. The third kappa shape index (κ3) is 3.18. The van der Waals surface area contributed by atoms with Crippen LogP contribution >= 0.6 is 0 Å². The van der Waals surface area contributed by atoms with Crippen molar-refractivity contribution < 1.29 is 13.6 Å². The zero-order chi connectivity index (χ0) is 10.6. The highest BCUT2D eigenvalue weighted by atomic mass is 19.1. The van der Waals surface area contributed by atoms with Crippen LogP contribution in [0.2, 0.25) is 0 Å². The van der Waals surface area contributed by atoms with E-state index in [0.29, 0.717) is 0 Å². The summed E-state index contributed by atoms with van der Waals surface area (Å²) in [5.74, 6) is -1.43. The molecule has 0 atom stereocenters. The fraction of sp³-hybridized carbons (Fsp3) is 0. The lowest BCUT2D eigenvalue weighted by molar-refractivity contribution is 0.249. The van der Waals surface area contributed by atoms with Gasteiger partial charge >= 0.3 is 6.03 Å². The summed E-state index contributed by atoms with van der Waals surface area (Å²) in [5.41, 5.74) is 6.79. The Kier molecular flexibility index (Phi) is 3.11. The average molecular weight is 199 g/mol. The predicted molar refractivity (Wildman–Crippen MR) is 46.7 cm³/mol. The maximum absolute atomic E-state index is 12.6. The summed E-state index contributed by atoms with van der Waals surface area (Å²) in [6, 6.07) is 2.02. The van der Waals surface area contributed by atoms with E-state index in [1.54, 1.807) is 0 Å². The number of hydrogen-bond donors (Lipinski definition) is 2. The maximum atomic E-state index is 12.6. The standard InChI is InChI=1S/C8H7F2N3O/c9-6-1-5(2-7(10)3-6)4-12-13-8(11)14/h1-4H,(H3,11,13,14). The molecule has 0 aliphatic heterocycles. The van der Waals surface area contributed by atoms with Gasteiger partial charge in [-0.05, 0) is 12.1 Å². The number of hydrazone groups is 1. The van der Waals surface area contributed by atoms with Gasteiger partial charge in [0.15, 0.2) is 0 Å². The Hall–Kier alpha value is -1.98. The van der Waals surface area contributed by atoms with E-state index in [0.717, 1.165) is 24.4 Å². The Labute approximate surface area is 78.4 Å². The quantitative estimate of drug-likeness (QED) is 0.540. The number of urea groups is 1. The number of carbonyl (C=O) groups is 1. The van der Waals surface area contributed by atoms with E-state index in [-0.39, 0.29) is 5.56 Å². The zero-order valence-corrected chi connectivity index (χ0v) is 7.00. The largest absolute Gasteiger partial charge is 0.350 e. The monoisotopic (exact) mass is 199 g/mol. The Bertz CT molecular complexity index is 359. The summed E-state index contributed by atoms with van der Waals surface area (Å²) in [7, 11) is 0. The van der Waals surface area contributed by atoms with Crippen molar-refractivity contribution in [2.75, 3.05) is 0 Å². The van der Waals surface area contributed by atoms with E-state index in [9.17, 15) is 13.6 Å². The van der Waals surface area contributed by atoms with Crippen LogP contribution in [-0.2, 0) is 0 Å². The topological polar surface area (TPSA) is 67.5 Å². The molecule has 14 heavy (non-hydrogen) atoms. The molecule has 4 nitrogen and oxygen atoms in total. The van der Waals surface area contributed by atoms with Gasteiger partial charge in [0.2, 0.25) is 0 Å². The number of rotatable bonds is 2. The highest BCUT2D eigenvalue weighted by Crippen LogP contribution is 2.05. The molecular formula is C8H7F2N3O. The van der Waals surface area contributed by atoms with Gasteiger partial charge in [-0.25, -0.2) is 19.0 Å². The molecule has 0 unspecified atom stereocenters. The number of amides is 2. The van der Waals surface area contributed by atoms with Crippen LogP contribution in [0.3, 0.4) is 0 Å². The lowest BCUT2D eigenvalue weighted by Gasteiger charge is -1.95. The Morgan fingerprint density at radius 1 is 1.36 bits per heavy atom. The van der Waals surface area contributed by atoms with Crippen molar-refractivity contribution in [2.24, 2.45) is 10.8 Å². The molecule has 0 spiro atoms. The summed E-state index contributed by atoms with van der Waals surface area (Å²) in [6.07, 6.45) is 1.08. The lowest BCUT2D eigenvalue weighted by atomic mass is 10.2. The first-order valence-electron chi connectivity index (χ1n) is 3.62. The van der Waals surface area contributed by atoms with Gasteiger partial charge in [-0.15, -0.1) is 0 Å². The highest BCUT2D eigenvalue weighted by molar-refractivity contribution is 5.81. The molecule has 1 rings (SSSR count). The van der Waals surface area contributed by atoms with Crippen LogP contribution in [0.15, 0.2) is 23.3 Å². The molecule has 2 amide bonds. The molecule has 0 aliphatic carbocycles. The van der Waals surface area contributed by atoms with Crippen molar-refractivity contribution in [1.82, 2.24) is 5.43 Å². The SMILES string of the molecule is NC(=O)NN=Cc1cc(F)cc(F)c1. The first-order chi connectivity index (χ1) is 6.58. The molecule has 0 aromatic heterocycles. The van der Waals surface area contributed by atoms with E-state index in [4.69, 9.17) is 5.73 Å². The van der Waals surface area contributed by atoms with Crippen LogP contribution in [-0.4, -0.2) is 12.2 Å². The van der Waals surface area contributed by atoms with Crippen LogP contribution in [0.5, 0.6) is 0 Å². The van der Waals surface area contributed by atoms with Crippen molar-refractivity contribution in [3.63, 3.8) is 0 Å². The Balaban J connectivity index is 2.76. The molecular weight excluding hydrogens is 192 g/mol. The Morgan fingerprint density at radius 3 is 2.43 bits per heavy atom. The van der Waals surface area contributed by atoms with Crippen molar-refractivity contribution in [2.45, 2.75) is 0 Å². The van der Waals surface area contributed by atoms with Gasteiger partial charge in [0, 0.05) is 11.6 Å². The number of halogens is 2. The van der Waals surface area contributed by atoms with E-state index >= 15 is 0 Å². The number of nitrogens with one attached hydrogen (secondary N) is 1. The van der Waals surface area contributed by atoms with E-state index in [2.05, 4.69) is 5.10 Å². The van der Waals surface area contributed by atoms with Gasteiger partial charge < -0.3 is 5.73 Å². The van der Waals surface area contributed by atoms with Gasteiger partial charge in [-0.1, -0.05) is 0 Å². The molecule has 0 radical (unpaired) electrons. The van der Waals surface area contributed by atoms with Crippen molar-refractivity contribution in [3.8, 4) is 0 Å². The molecule has 6 heteroatoms. The number of nitrogens with zero attached hydrogens (tertiary/aromatic N) is 1. The van der Waals surface area contributed by atoms with Crippen LogP contribution in [0.4, 0.5) is 13.6 Å². The number of nitrogens with two attached hydrogens (primary N) is 1. The molecule has 1 aromatic rings. The molecule has 3 N–H and O–H groups in total. The second-order valence-corrected chi connectivity index (χ2v) is 2.44. The minimum atomic E-state index is -0.849. The minimum absolute atomic E-state index is 0.191. The molecule has 0 heterocycles. The summed E-state index contributed by atoms with van der Waals surface area (Å²) in [4.78, 5) is 10.2. The second kappa shape index (κ2) is 4.31. The number of carbonyl (C=O) groups excluding carboxylic acids is 1. The van der Waals surface area contributed by atoms with E-state index in [1.807, 2.05) is 5.43 Å². The molecule has 0 saturated heterocycles. The highest BCUT2D eigenvalue weighted by Gasteiger charge is 1.97. The lowest BCUT2D eigenvalue weighted by Crippen LogP contribution is -2.24. The molecule has 0 saturated carbocycles. The smallest absolute Gasteiger partial charge is 0.332 e. The summed E-state index contributed by atoms with van der Waals surface area (Å²) in [5, 5.41) is 3.34.